The predicted molar refractivity (Wildman–Crippen MR) is 94.3 cm³/mol. The zero-order valence-electron chi connectivity index (χ0n) is 13.8. The molecule has 1 amide bonds. The van der Waals surface area contributed by atoms with Gasteiger partial charge in [0.25, 0.3) is 5.91 Å². The quantitative estimate of drug-likeness (QED) is 0.620. The zero-order valence-corrected chi connectivity index (χ0v) is 13.8. The molecule has 3 aromatic rings. The number of carboxylic acids is 1. The Morgan fingerprint density at radius 3 is 2.38 bits per heavy atom. The average Bonchev–Trinajstić information content (AvgIpc) is 2.60. The first-order valence-corrected chi connectivity index (χ1v) is 7.73. The molecule has 0 fully saturated rings. The maximum atomic E-state index is 12.1. The van der Waals surface area contributed by atoms with Gasteiger partial charge in [-0.3, -0.25) is 9.59 Å². The smallest absolute Gasteiger partial charge is 0.353 e. The Morgan fingerprint density at radius 2 is 1.73 bits per heavy atom. The summed E-state index contributed by atoms with van der Waals surface area (Å²) in [5.41, 5.74) is 1.25. The van der Waals surface area contributed by atoms with Crippen LogP contribution in [0.25, 0.3) is 22.1 Å². The maximum absolute atomic E-state index is 12.1. The van der Waals surface area contributed by atoms with Crippen LogP contribution in [-0.2, 0) is 4.79 Å². The summed E-state index contributed by atoms with van der Waals surface area (Å²) < 4.78 is 5.16. The van der Waals surface area contributed by atoms with Crippen molar-refractivity contribution >= 4 is 22.8 Å². The minimum Gasteiger partial charge on any atom is -0.506 e. The van der Waals surface area contributed by atoms with E-state index in [9.17, 15) is 19.5 Å². The second kappa shape index (κ2) is 6.72. The number of benzene rings is 2. The molecular formula is C19H15NO6. The van der Waals surface area contributed by atoms with Gasteiger partial charge in [-0.05, 0) is 30.2 Å². The highest BCUT2D eigenvalue weighted by Crippen LogP contribution is 2.30. The number of aliphatic carboxylic acids is 1. The van der Waals surface area contributed by atoms with E-state index in [-0.39, 0.29) is 11.0 Å². The summed E-state index contributed by atoms with van der Waals surface area (Å²) in [7, 11) is 0. The standard InChI is InChI=1S/C19H15NO6/c1-10-2-4-11(5-3-10)12-6-7-13-14(8-12)26-19(25)16(17(13)23)18(24)20-9-15(21)22/h2-8,23H,9H2,1H3,(H,20,24)(H,21,22). The summed E-state index contributed by atoms with van der Waals surface area (Å²) in [6.07, 6.45) is 0. The molecule has 0 saturated carbocycles. The van der Waals surface area contributed by atoms with Gasteiger partial charge in [0.1, 0.15) is 17.9 Å². The SMILES string of the molecule is Cc1ccc(-c2ccc3c(O)c(C(=O)NCC(=O)O)c(=O)oc3c2)cc1. The van der Waals surface area contributed by atoms with Gasteiger partial charge in [-0.15, -0.1) is 0 Å². The Kier molecular flexibility index (Phi) is 4.45. The van der Waals surface area contributed by atoms with E-state index in [0.717, 1.165) is 16.7 Å². The fourth-order valence-electron chi connectivity index (χ4n) is 2.55. The molecule has 0 aliphatic heterocycles. The fourth-order valence-corrected chi connectivity index (χ4v) is 2.55. The van der Waals surface area contributed by atoms with E-state index in [1.807, 2.05) is 36.5 Å². The number of carbonyl (C=O) groups excluding carboxylic acids is 1. The first-order valence-electron chi connectivity index (χ1n) is 7.73. The maximum Gasteiger partial charge on any atom is 0.353 e. The van der Waals surface area contributed by atoms with Crippen LogP contribution in [0.4, 0.5) is 0 Å². The van der Waals surface area contributed by atoms with Crippen LogP contribution in [-0.4, -0.2) is 28.6 Å². The number of aromatic hydroxyl groups is 1. The lowest BCUT2D eigenvalue weighted by molar-refractivity contribution is -0.135. The number of carbonyl (C=O) groups is 2. The van der Waals surface area contributed by atoms with Crippen molar-refractivity contribution in [1.29, 1.82) is 0 Å². The van der Waals surface area contributed by atoms with Crippen LogP contribution in [0.15, 0.2) is 51.7 Å². The summed E-state index contributed by atoms with van der Waals surface area (Å²) in [6.45, 7) is 1.29. The Bertz CT molecular complexity index is 1070. The highest BCUT2D eigenvalue weighted by Gasteiger charge is 2.21. The van der Waals surface area contributed by atoms with Crippen molar-refractivity contribution in [3.63, 3.8) is 0 Å². The normalized spacial score (nSPS) is 10.7. The second-order valence-electron chi connectivity index (χ2n) is 5.77. The molecule has 7 heteroatoms. The molecular weight excluding hydrogens is 338 g/mol. The topological polar surface area (TPSA) is 117 Å². The molecule has 0 radical (unpaired) electrons. The summed E-state index contributed by atoms with van der Waals surface area (Å²) in [5.74, 6) is -2.83. The first kappa shape index (κ1) is 17.2. The van der Waals surface area contributed by atoms with Crippen molar-refractivity contribution in [3.05, 3.63) is 64.0 Å². The summed E-state index contributed by atoms with van der Waals surface area (Å²) >= 11 is 0. The van der Waals surface area contributed by atoms with Crippen molar-refractivity contribution < 1.29 is 24.2 Å². The third-order valence-corrected chi connectivity index (χ3v) is 3.89. The Labute approximate surface area is 147 Å². The van der Waals surface area contributed by atoms with Gasteiger partial charge < -0.3 is 19.9 Å². The predicted octanol–water partition coefficient (Wildman–Crippen LogP) is 2.29. The lowest BCUT2D eigenvalue weighted by Gasteiger charge is -2.08. The molecule has 0 aliphatic carbocycles. The number of nitrogens with one attached hydrogen (secondary N) is 1. The largest absolute Gasteiger partial charge is 0.506 e. The number of aryl methyl sites for hydroxylation is 1. The number of rotatable bonds is 4. The molecule has 132 valence electrons. The molecule has 1 aromatic heterocycles. The molecule has 0 aliphatic rings. The van der Waals surface area contributed by atoms with Crippen LogP contribution in [0.3, 0.4) is 0 Å². The number of carboxylic acid groups (broad SMARTS) is 1. The van der Waals surface area contributed by atoms with Crippen molar-refractivity contribution in [3.8, 4) is 16.9 Å². The minimum absolute atomic E-state index is 0.125. The van der Waals surface area contributed by atoms with Crippen molar-refractivity contribution in [2.45, 2.75) is 6.92 Å². The Balaban J connectivity index is 2.06. The summed E-state index contributed by atoms with van der Waals surface area (Å²) in [5, 5.41) is 21.1. The highest BCUT2D eigenvalue weighted by molar-refractivity contribution is 6.02. The first-order chi connectivity index (χ1) is 12.4. The molecule has 0 unspecified atom stereocenters. The monoisotopic (exact) mass is 353 g/mol. The molecule has 2 aromatic carbocycles. The van der Waals surface area contributed by atoms with E-state index in [0.29, 0.717) is 0 Å². The van der Waals surface area contributed by atoms with E-state index in [4.69, 9.17) is 9.52 Å². The third kappa shape index (κ3) is 3.27. The molecule has 7 nitrogen and oxygen atoms in total. The lowest BCUT2D eigenvalue weighted by atomic mass is 10.0. The van der Waals surface area contributed by atoms with Crippen LogP contribution < -0.4 is 10.9 Å². The third-order valence-electron chi connectivity index (χ3n) is 3.89. The van der Waals surface area contributed by atoms with Crippen molar-refractivity contribution in [2.75, 3.05) is 6.54 Å². The Hall–Kier alpha value is -3.61. The van der Waals surface area contributed by atoms with Gasteiger partial charge in [0.05, 0.1) is 5.39 Å². The van der Waals surface area contributed by atoms with E-state index in [1.54, 1.807) is 12.1 Å². The van der Waals surface area contributed by atoms with Crippen LogP contribution in [0.1, 0.15) is 15.9 Å². The van der Waals surface area contributed by atoms with E-state index < -0.39 is 35.4 Å². The van der Waals surface area contributed by atoms with Gasteiger partial charge in [0, 0.05) is 0 Å². The van der Waals surface area contributed by atoms with E-state index >= 15 is 0 Å². The zero-order chi connectivity index (χ0) is 18.8. The van der Waals surface area contributed by atoms with Crippen molar-refractivity contribution in [1.82, 2.24) is 5.32 Å². The van der Waals surface area contributed by atoms with Crippen LogP contribution in [0.5, 0.6) is 5.75 Å². The van der Waals surface area contributed by atoms with Gasteiger partial charge in [-0.25, -0.2) is 4.79 Å². The van der Waals surface area contributed by atoms with Crippen LogP contribution >= 0.6 is 0 Å². The van der Waals surface area contributed by atoms with Gasteiger partial charge >= 0.3 is 11.6 Å². The molecule has 0 bridgehead atoms. The van der Waals surface area contributed by atoms with Gasteiger partial charge in [0.15, 0.2) is 5.56 Å². The molecule has 1 heterocycles. The van der Waals surface area contributed by atoms with Gasteiger partial charge in [0.2, 0.25) is 0 Å². The van der Waals surface area contributed by atoms with E-state index in [2.05, 4.69) is 0 Å². The summed E-state index contributed by atoms with van der Waals surface area (Å²) in [4.78, 5) is 34.6. The molecule has 26 heavy (non-hydrogen) atoms. The molecule has 0 spiro atoms. The number of amides is 1. The molecule has 3 rings (SSSR count). The molecule has 0 saturated heterocycles. The van der Waals surface area contributed by atoms with Gasteiger partial charge in [-0.2, -0.15) is 0 Å². The van der Waals surface area contributed by atoms with E-state index in [1.165, 1.54) is 6.07 Å². The van der Waals surface area contributed by atoms with Crippen molar-refractivity contribution in [2.24, 2.45) is 0 Å². The number of hydrogen-bond acceptors (Lipinski definition) is 5. The fraction of sp³-hybridized carbons (Fsp3) is 0.105. The second-order valence-corrected chi connectivity index (χ2v) is 5.77. The minimum atomic E-state index is -1.27. The summed E-state index contributed by atoms with van der Waals surface area (Å²) in [6, 6.07) is 12.6. The van der Waals surface area contributed by atoms with Crippen LogP contribution in [0.2, 0.25) is 0 Å². The number of fused-ring (bicyclic) bond motifs is 1. The highest BCUT2D eigenvalue weighted by atomic mass is 16.4. The Morgan fingerprint density at radius 1 is 1.08 bits per heavy atom. The molecule has 0 atom stereocenters. The van der Waals surface area contributed by atoms with Crippen LogP contribution in [0, 0.1) is 6.92 Å². The lowest BCUT2D eigenvalue weighted by Crippen LogP contribution is -2.32. The average molecular weight is 353 g/mol. The number of hydrogen-bond donors (Lipinski definition) is 3. The van der Waals surface area contributed by atoms with Gasteiger partial charge in [-0.1, -0.05) is 35.9 Å². The molecule has 3 N–H and O–H groups in total.